The smallest absolute Gasteiger partial charge is 0.0591 e. The van der Waals surface area contributed by atoms with Crippen LogP contribution in [0.1, 0.15) is 106 Å². The largest absolute Gasteiger partial charge is 0.393 e. The molecule has 2 heteroatoms. The van der Waals surface area contributed by atoms with E-state index in [-0.39, 0.29) is 11.5 Å². The quantitative estimate of drug-likeness (QED) is 0.463. The lowest BCUT2D eigenvalue weighted by Crippen LogP contribution is -2.36. The fourth-order valence-electron chi connectivity index (χ4n) is 7.24. The molecule has 3 saturated carbocycles. The Hall–Kier alpha value is -0.860. The van der Waals surface area contributed by atoms with Crippen molar-refractivity contribution in [1.82, 2.24) is 0 Å². The van der Waals surface area contributed by atoms with Gasteiger partial charge in [-0.25, -0.2) is 0 Å². The van der Waals surface area contributed by atoms with Gasteiger partial charge in [-0.3, -0.25) is 0 Å². The molecule has 1 unspecified atom stereocenters. The Balaban J connectivity index is 1.72. The minimum atomic E-state index is -0.540. The van der Waals surface area contributed by atoms with Gasteiger partial charge in [0, 0.05) is 0 Å². The zero-order valence-corrected chi connectivity index (χ0v) is 21.1. The first kappa shape index (κ1) is 24.8. The summed E-state index contributed by atoms with van der Waals surface area (Å²) in [6, 6.07) is 0. The van der Waals surface area contributed by atoms with Crippen LogP contribution in [0.3, 0.4) is 0 Å². The van der Waals surface area contributed by atoms with Crippen molar-refractivity contribution in [2.75, 3.05) is 0 Å². The molecule has 176 valence electrons. The summed E-state index contributed by atoms with van der Waals surface area (Å²) in [6.07, 6.45) is 15.8. The highest BCUT2D eigenvalue weighted by molar-refractivity contribution is 5.40. The van der Waals surface area contributed by atoms with Gasteiger partial charge in [-0.2, -0.15) is 0 Å². The monoisotopic (exact) mass is 428 g/mol. The maximum absolute atomic E-state index is 10.4. The molecule has 0 saturated heterocycles. The molecule has 3 rings (SSSR count). The van der Waals surface area contributed by atoms with Crippen molar-refractivity contribution in [2.45, 2.75) is 117 Å². The summed E-state index contributed by atoms with van der Waals surface area (Å²) >= 11 is 0. The summed E-state index contributed by atoms with van der Waals surface area (Å²) in [5.74, 6) is 2.22. The van der Waals surface area contributed by atoms with Crippen molar-refractivity contribution >= 4 is 0 Å². The van der Waals surface area contributed by atoms with Crippen molar-refractivity contribution in [2.24, 2.45) is 28.6 Å². The van der Waals surface area contributed by atoms with Gasteiger partial charge in [0.1, 0.15) is 0 Å². The molecule has 0 aromatic heterocycles. The van der Waals surface area contributed by atoms with Crippen molar-refractivity contribution in [3.8, 4) is 0 Å². The van der Waals surface area contributed by atoms with Gasteiger partial charge < -0.3 is 10.2 Å². The zero-order chi connectivity index (χ0) is 23.0. The minimum absolute atomic E-state index is 0.0138. The summed E-state index contributed by atoms with van der Waals surface area (Å²) in [5, 5.41) is 20.4. The lowest BCUT2D eigenvalue weighted by Gasteiger charge is -2.44. The average molecular weight is 429 g/mol. The third kappa shape index (κ3) is 5.56. The summed E-state index contributed by atoms with van der Waals surface area (Å²) in [5.41, 5.74) is 3.95. The van der Waals surface area contributed by atoms with Crippen molar-refractivity contribution in [3.05, 3.63) is 35.5 Å². The second-order valence-corrected chi connectivity index (χ2v) is 12.6. The molecule has 0 aromatic carbocycles. The van der Waals surface area contributed by atoms with E-state index in [1.807, 2.05) is 13.8 Å². The molecule has 3 aliphatic carbocycles. The maximum Gasteiger partial charge on any atom is 0.0591 e. The molecule has 3 aliphatic rings. The van der Waals surface area contributed by atoms with Crippen LogP contribution in [0.25, 0.3) is 0 Å². The molecule has 3 fully saturated rings. The first-order chi connectivity index (χ1) is 14.3. The number of aliphatic hydroxyl groups is 2. The lowest BCUT2D eigenvalue weighted by molar-refractivity contribution is 0.0596. The highest BCUT2D eigenvalue weighted by Gasteiger charge is 2.50. The van der Waals surface area contributed by atoms with Crippen LogP contribution in [0.15, 0.2) is 35.5 Å². The van der Waals surface area contributed by atoms with Gasteiger partial charge in [-0.1, -0.05) is 64.8 Å². The van der Waals surface area contributed by atoms with E-state index in [9.17, 15) is 10.2 Å². The topological polar surface area (TPSA) is 40.5 Å². The highest BCUT2D eigenvalue weighted by atomic mass is 16.3. The molecule has 0 aliphatic heterocycles. The van der Waals surface area contributed by atoms with Crippen LogP contribution in [-0.4, -0.2) is 21.9 Å². The molecule has 0 aromatic rings. The fourth-order valence-corrected chi connectivity index (χ4v) is 7.24. The van der Waals surface area contributed by atoms with E-state index in [1.165, 1.54) is 49.7 Å². The van der Waals surface area contributed by atoms with Gasteiger partial charge in [0.2, 0.25) is 0 Å². The molecule has 5 atom stereocenters. The van der Waals surface area contributed by atoms with Crippen LogP contribution in [0, 0.1) is 28.6 Å². The standard InChI is InChI=1S/C29H48O2/c1-20(10-8-16-28(5,6)31)25-14-15-26-22(11-9-17-29(25,26)7)12-13-23-18-24(30)19-27(3,4)21(23)2/h12-13,20,24-26,30-31H,2,8-11,14-19H2,1,3-7H3/b22-12+,23-13-/t20-,24?,25-,26+,29-/m1/s1. The molecule has 31 heavy (non-hydrogen) atoms. The minimum Gasteiger partial charge on any atom is -0.393 e. The van der Waals surface area contributed by atoms with Crippen LogP contribution >= 0.6 is 0 Å². The Bertz CT molecular complexity index is 720. The van der Waals surface area contributed by atoms with E-state index in [2.05, 4.69) is 46.4 Å². The number of rotatable bonds is 6. The van der Waals surface area contributed by atoms with Crippen LogP contribution in [0.2, 0.25) is 0 Å². The molecule has 2 N–H and O–H groups in total. The molecular weight excluding hydrogens is 380 g/mol. The Morgan fingerprint density at radius 2 is 1.90 bits per heavy atom. The highest BCUT2D eigenvalue weighted by Crippen LogP contribution is 2.60. The maximum atomic E-state index is 10.4. The molecule has 2 nitrogen and oxygen atoms in total. The third-order valence-electron chi connectivity index (χ3n) is 9.08. The van der Waals surface area contributed by atoms with Gasteiger partial charge in [0.05, 0.1) is 11.7 Å². The Morgan fingerprint density at radius 3 is 2.58 bits per heavy atom. The van der Waals surface area contributed by atoms with Crippen LogP contribution < -0.4 is 0 Å². The average Bonchev–Trinajstić information content (AvgIpc) is 2.99. The fraction of sp³-hybridized carbons (Fsp3) is 0.793. The van der Waals surface area contributed by atoms with E-state index in [1.54, 1.807) is 5.57 Å². The van der Waals surface area contributed by atoms with Gasteiger partial charge >= 0.3 is 0 Å². The van der Waals surface area contributed by atoms with Gasteiger partial charge in [-0.05, 0) is 105 Å². The molecular formula is C29H48O2. The second kappa shape index (κ2) is 9.18. The van der Waals surface area contributed by atoms with Gasteiger partial charge in [-0.15, -0.1) is 0 Å². The number of fused-ring (bicyclic) bond motifs is 1. The molecule has 0 bridgehead atoms. The van der Waals surface area contributed by atoms with Gasteiger partial charge in [0.15, 0.2) is 0 Å². The molecule has 0 amide bonds. The van der Waals surface area contributed by atoms with Gasteiger partial charge in [0.25, 0.3) is 0 Å². The second-order valence-electron chi connectivity index (χ2n) is 12.6. The lowest BCUT2D eigenvalue weighted by atomic mass is 9.60. The zero-order valence-electron chi connectivity index (χ0n) is 21.1. The Kier molecular flexibility index (Phi) is 7.34. The number of aliphatic hydroxyl groups excluding tert-OH is 1. The van der Waals surface area contributed by atoms with Crippen molar-refractivity contribution in [3.63, 3.8) is 0 Å². The summed E-state index contributed by atoms with van der Waals surface area (Å²) < 4.78 is 0. The Labute approximate surface area is 191 Å². The van der Waals surface area contributed by atoms with E-state index >= 15 is 0 Å². The van der Waals surface area contributed by atoms with Crippen molar-refractivity contribution in [1.29, 1.82) is 0 Å². The summed E-state index contributed by atoms with van der Waals surface area (Å²) in [7, 11) is 0. The van der Waals surface area contributed by atoms with E-state index in [0.29, 0.717) is 11.3 Å². The predicted octanol–water partition coefficient (Wildman–Crippen LogP) is 7.37. The van der Waals surface area contributed by atoms with Crippen LogP contribution in [0.5, 0.6) is 0 Å². The van der Waals surface area contributed by atoms with E-state index < -0.39 is 5.60 Å². The number of allylic oxidation sites excluding steroid dienone is 4. The normalized spacial score (nSPS) is 37.3. The number of hydrogen-bond donors (Lipinski definition) is 2. The first-order valence-electron chi connectivity index (χ1n) is 12.8. The summed E-state index contributed by atoms with van der Waals surface area (Å²) in [6.45, 7) is 17.7. The SMILES string of the molecule is C=C1/C(=C\C=C2/CCC[C@]3(C)[C@@H]([C@H](C)CCCC(C)(C)O)CC[C@@H]23)CC(O)CC1(C)C. The summed E-state index contributed by atoms with van der Waals surface area (Å²) in [4.78, 5) is 0. The molecule has 0 spiro atoms. The Morgan fingerprint density at radius 1 is 1.19 bits per heavy atom. The van der Waals surface area contributed by atoms with Crippen LogP contribution in [-0.2, 0) is 0 Å². The van der Waals surface area contributed by atoms with Crippen molar-refractivity contribution < 1.29 is 10.2 Å². The van der Waals surface area contributed by atoms with E-state index in [4.69, 9.17) is 0 Å². The third-order valence-corrected chi connectivity index (χ3v) is 9.08. The predicted molar refractivity (Wildman–Crippen MR) is 132 cm³/mol. The first-order valence-corrected chi connectivity index (χ1v) is 12.8. The molecule has 0 radical (unpaired) electrons. The van der Waals surface area contributed by atoms with Crippen LogP contribution in [0.4, 0.5) is 0 Å². The van der Waals surface area contributed by atoms with E-state index in [0.717, 1.165) is 37.5 Å². The number of hydrogen-bond acceptors (Lipinski definition) is 2. The molecule has 0 heterocycles.